The molecule has 6 aliphatic carbocycles. The average molecular weight is 1600 g/mol. The third-order valence-corrected chi connectivity index (χ3v) is 24.0. The third kappa shape index (κ3) is 21.8. The van der Waals surface area contributed by atoms with E-state index >= 15 is 0 Å². The van der Waals surface area contributed by atoms with Gasteiger partial charge in [-0.25, -0.2) is 9.86 Å². The number of pyridine rings is 2. The number of H-pyrrole nitrogens is 1. The number of likely N-dealkylation sites (tertiary alicyclic amines) is 2. The normalized spacial score (nSPS) is 24.5. The SMILES string of the molecule is C=C[C@@H]1C[C@]1(CC(=O)[C@@H]1C[C@@H](Oc2ccnc3c(Cl)c(OC)ccc23)CN1C(=O)[C@@H](CC(=O)OC1CCCC1)C(C)(C)C)C(=O)NS(=O)(=O)OC1CC1.C=C[C@@H]1C[C@]1(CC(=O)[C@@H]1C[C@H](C)CN1C(=O)[C@@H](CC(=O)OC1CCCC1)C(C)(C)C)C(=O)OC.COc1ccc2c(=O)cc[nH]c2c1Cl.NS(=O)(=O)OC1CC1. The molecule has 10 atom stereocenters. The smallest absolute Gasteiger partial charge is 0.362 e. The van der Waals surface area contributed by atoms with E-state index in [0.29, 0.717) is 81.3 Å². The molecule has 12 rings (SSSR count). The van der Waals surface area contributed by atoms with Crippen LogP contribution in [0.2, 0.25) is 10.0 Å². The number of aromatic nitrogens is 2. The number of allylic oxidation sites excluding steroid dienone is 2. The van der Waals surface area contributed by atoms with Crippen LogP contribution in [0, 0.1) is 51.2 Å². The molecule has 0 unspecified atom stereocenters. The molecule has 2 aliphatic heterocycles. The zero-order valence-electron chi connectivity index (χ0n) is 63.7. The van der Waals surface area contributed by atoms with E-state index in [1.54, 1.807) is 53.7 Å². The number of nitrogens with one attached hydrogen (secondary N) is 2. The Morgan fingerprint density at radius 2 is 1.13 bits per heavy atom. The predicted molar refractivity (Wildman–Crippen MR) is 406 cm³/mol. The number of nitrogens with two attached hydrogens (primary N) is 1. The van der Waals surface area contributed by atoms with Crippen LogP contribution in [0.5, 0.6) is 17.2 Å². The second-order valence-electron chi connectivity index (χ2n) is 32.2. The highest BCUT2D eigenvalue weighted by Crippen LogP contribution is 2.58. The summed E-state index contributed by atoms with van der Waals surface area (Å²) in [7, 11) is -3.68. The Hall–Kier alpha value is -7.54. The highest BCUT2D eigenvalue weighted by molar-refractivity contribution is 7.85. The Bertz CT molecular complexity index is 4370. The van der Waals surface area contributed by atoms with Gasteiger partial charge in [0, 0.05) is 55.0 Å². The van der Waals surface area contributed by atoms with Gasteiger partial charge in [0.05, 0.1) is 98.7 Å². The van der Waals surface area contributed by atoms with Crippen LogP contribution in [0.15, 0.2) is 78.9 Å². The summed E-state index contributed by atoms with van der Waals surface area (Å²) < 4.78 is 89.8. The number of carbonyl (C=O) groups is 8. The number of amides is 3. The third-order valence-electron chi connectivity index (χ3n) is 21.7. The van der Waals surface area contributed by atoms with Crippen LogP contribution in [0.3, 0.4) is 0 Å². The van der Waals surface area contributed by atoms with Crippen molar-refractivity contribution in [3.05, 3.63) is 94.4 Å². The van der Waals surface area contributed by atoms with Gasteiger partial charge in [-0.1, -0.05) is 83.8 Å². The predicted octanol–water partition coefficient (Wildman–Crippen LogP) is 11.1. The molecule has 0 bridgehead atoms. The average Bonchev–Trinajstić information content (AvgIpc) is 1.59. The number of hydrogen-bond acceptors (Lipinski definition) is 22. The lowest BCUT2D eigenvalue weighted by atomic mass is 9.77. The molecule has 2 aromatic heterocycles. The lowest BCUT2D eigenvalue weighted by Crippen LogP contribution is -2.48. The van der Waals surface area contributed by atoms with Crippen LogP contribution in [0.25, 0.3) is 21.8 Å². The van der Waals surface area contributed by atoms with Crippen LogP contribution in [-0.4, -0.2) is 161 Å². The fourth-order valence-corrected chi connectivity index (χ4v) is 17.2. The molecule has 27 nitrogen and oxygen atoms in total. The molecule has 4 N–H and O–H groups in total. The molecular formula is C78H104Cl2N6O21S2. The van der Waals surface area contributed by atoms with Gasteiger partial charge in [-0.3, -0.25) is 56.5 Å². The van der Waals surface area contributed by atoms with E-state index < -0.39 is 114 Å². The zero-order valence-corrected chi connectivity index (χ0v) is 66.9. The van der Waals surface area contributed by atoms with E-state index in [4.69, 9.17) is 55.8 Å². The van der Waals surface area contributed by atoms with Crippen molar-refractivity contribution < 1.29 is 92.0 Å². The van der Waals surface area contributed by atoms with Crippen molar-refractivity contribution in [1.82, 2.24) is 24.5 Å². The van der Waals surface area contributed by atoms with Gasteiger partial charge in [-0.2, -0.15) is 16.8 Å². The molecule has 3 amide bonds. The summed E-state index contributed by atoms with van der Waals surface area (Å²) in [6, 6.07) is 8.34. The van der Waals surface area contributed by atoms with Gasteiger partial charge in [-0.15, -0.1) is 13.2 Å². The topological polar surface area (TPSA) is 369 Å². The number of Topliss-reactive ketones (excluding diaryl/α,β-unsaturated/α-hetero) is 2. The fraction of sp³-hybridized carbons (Fsp3) is 0.615. The van der Waals surface area contributed by atoms with E-state index in [1.165, 1.54) is 38.4 Å². The van der Waals surface area contributed by atoms with Crippen LogP contribution < -0.4 is 29.5 Å². The quantitative estimate of drug-likeness (QED) is 0.0283. The summed E-state index contributed by atoms with van der Waals surface area (Å²) in [6.07, 6.45) is 16.0. The first-order valence-corrected chi connectivity index (χ1v) is 40.9. The van der Waals surface area contributed by atoms with Crippen LogP contribution >= 0.6 is 23.2 Å². The standard InChI is InChI=1S/C38H48ClN3O10S.C27H41NO6.C10H8ClNO2.C3H7NO3S/c1-6-22-19-38(22,36(46)41-53(47,48)52-24-11-12-24)20-29(43)28-17-25(50-30-15-16-40-34-26(30)13-14-31(49-5)33(34)39)21-42(28)35(45)27(37(2,3)4)18-32(44)51-23-9-7-8-10-23;1-7-18-14-27(18,25(32)33-6)15-22(29)21-12-17(2)16-28(21)24(31)20(26(3,4)5)13-23(30)34-19-10-8-9-11-19;1-14-8-3-2-6-7(13)4-5-12-10(6)9(8)11;4-8(5,6)7-3-1-2-3/h6,13-16,22-25,27-28H,1,7-12,17-21H2,2-5H3,(H,41,46);7,17-21H,1,8-16H2,2-6H3;2-5H,1H3,(H,12,13);3H,1-2H2,(H2,4,5,6)/t22-,25-,27-,28+,38-;17-,18+,20+,21-,27+;;/m10../s1. The number of fused-ring (bicyclic) bond motifs is 2. The molecule has 109 heavy (non-hydrogen) atoms. The molecule has 2 aromatic carbocycles. The summed E-state index contributed by atoms with van der Waals surface area (Å²) in [4.78, 5) is 130. The Kier molecular flexibility index (Phi) is 27.8. The Labute approximate surface area is 647 Å². The largest absolute Gasteiger partial charge is 0.495 e. The molecular weight excluding hydrogens is 1490 g/mol. The maximum atomic E-state index is 14.6. The number of methoxy groups -OCH3 is 3. The monoisotopic (exact) mass is 1590 g/mol. The van der Waals surface area contributed by atoms with Crippen molar-refractivity contribution in [2.24, 2.45) is 56.4 Å². The maximum absolute atomic E-state index is 14.6. The number of nitrogens with zero attached hydrogens (tertiary/aromatic N) is 3. The molecule has 0 radical (unpaired) electrons. The molecule has 2 saturated heterocycles. The minimum Gasteiger partial charge on any atom is -0.495 e. The van der Waals surface area contributed by atoms with Crippen LogP contribution in [0.4, 0.5) is 0 Å². The number of aromatic amines is 1. The van der Waals surface area contributed by atoms with Gasteiger partial charge in [0.1, 0.15) is 45.6 Å². The number of hydrogen-bond donors (Lipinski definition) is 3. The number of halogens is 2. The summed E-state index contributed by atoms with van der Waals surface area (Å²) in [5, 5.41) is 6.43. The molecule has 8 aliphatic rings. The molecule has 8 fully saturated rings. The molecule has 4 aromatic rings. The second-order valence-corrected chi connectivity index (χ2v) is 35.4. The summed E-state index contributed by atoms with van der Waals surface area (Å²) >= 11 is 12.6. The van der Waals surface area contributed by atoms with E-state index in [9.17, 15) is 60.0 Å². The molecule has 6 saturated carbocycles. The molecule has 4 heterocycles. The second kappa shape index (κ2) is 35.4. The number of rotatable bonds is 27. The lowest BCUT2D eigenvalue weighted by molar-refractivity contribution is -0.156. The van der Waals surface area contributed by atoms with Gasteiger partial charge in [-0.05, 0) is 155 Å². The van der Waals surface area contributed by atoms with Crippen molar-refractivity contribution >= 4 is 113 Å². The van der Waals surface area contributed by atoms with Gasteiger partial charge in [0.2, 0.25) is 17.7 Å². The minimum atomic E-state index is -4.38. The zero-order chi connectivity index (χ0) is 79.9. The number of ketones is 2. The minimum absolute atomic E-state index is 0.00919. The van der Waals surface area contributed by atoms with Crippen LogP contribution in [0.1, 0.15) is 177 Å². The Morgan fingerprint density at radius 1 is 0.642 bits per heavy atom. The van der Waals surface area contributed by atoms with Crippen molar-refractivity contribution in [3.8, 4) is 17.2 Å². The first-order chi connectivity index (χ1) is 51.3. The Balaban J connectivity index is 0.000000205. The van der Waals surface area contributed by atoms with Gasteiger partial charge < -0.3 is 43.2 Å². The summed E-state index contributed by atoms with van der Waals surface area (Å²) in [5.41, 5.74) is -2.38. The first kappa shape index (κ1) is 85.5. The number of carbonyl (C=O) groups excluding carboxylic acids is 8. The highest BCUT2D eigenvalue weighted by Gasteiger charge is 2.63. The fourth-order valence-electron chi connectivity index (χ4n) is 15.0. The summed E-state index contributed by atoms with van der Waals surface area (Å²) in [5.74, 6) is -3.56. The maximum Gasteiger partial charge on any atom is 0.362 e. The highest BCUT2D eigenvalue weighted by atomic mass is 35.5. The van der Waals surface area contributed by atoms with Crippen molar-refractivity contribution in [2.75, 3.05) is 34.4 Å². The molecule has 31 heteroatoms. The van der Waals surface area contributed by atoms with Gasteiger partial charge >= 0.3 is 38.5 Å². The molecule has 598 valence electrons. The summed E-state index contributed by atoms with van der Waals surface area (Å²) in [6.45, 7) is 21.5. The number of esters is 3. The lowest BCUT2D eigenvalue weighted by Gasteiger charge is -2.35. The number of benzene rings is 2. The van der Waals surface area contributed by atoms with E-state index in [2.05, 4.69) is 32.4 Å². The van der Waals surface area contributed by atoms with E-state index in [-0.39, 0.29) is 98.3 Å². The van der Waals surface area contributed by atoms with Crippen LogP contribution in [-0.2, 0) is 81.5 Å². The Morgan fingerprint density at radius 3 is 1.61 bits per heavy atom. The molecule has 0 spiro atoms. The van der Waals surface area contributed by atoms with Crippen molar-refractivity contribution in [1.29, 1.82) is 0 Å². The van der Waals surface area contributed by atoms with Gasteiger partial charge in [0.15, 0.2) is 17.0 Å². The van der Waals surface area contributed by atoms with Gasteiger partial charge in [0.25, 0.3) is 0 Å². The number of ether oxygens (including phenoxy) is 6. The van der Waals surface area contributed by atoms with Crippen molar-refractivity contribution in [2.45, 2.75) is 219 Å². The van der Waals surface area contributed by atoms with Crippen molar-refractivity contribution in [3.63, 3.8) is 0 Å². The van der Waals surface area contributed by atoms with E-state index in [1.807, 2.05) is 53.2 Å². The first-order valence-electron chi connectivity index (χ1n) is 37.3. The van der Waals surface area contributed by atoms with E-state index in [0.717, 1.165) is 64.2 Å².